The summed E-state index contributed by atoms with van der Waals surface area (Å²) < 4.78 is 5.35. The molecule has 30 heavy (non-hydrogen) atoms. The number of methoxy groups -OCH3 is 1. The first-order valence-corrected chi connectivity index (χ1v) is 9.48. The molecule has 2 amide bonds. The number of rotatable bonds is 4. The number of hydrogen-bond acceptors (Lipinski definition) is 4. The molecule has 0 unspecified atom stereocenters. The highest BCUT2D eigenvalue weighted by Gasteiger charge is 2.23. The molecule has 4 rings (SSSR count). The number of carbonyl (C=O) groups is 2. The van der Waals surface area contributed by atoms with Gasteiger partial charge in [-0.2, -0.15) is 0 Å². The Morgan fingerprint density at radius 3 is 2.50 bits per heavy atom. The van der Waals surface area contributed by atoms with Crippen LogP contribution in [0.5, 0.6) is 5.75 Å². The van der Waals surface area contributed by atoms with E-state index in [-0.39, 0.29) is 12.5 Å². The van der Waals surface area contributed by atoms with E-state index in [1.165, 1.54) is 0 Å². The molecule has 1 aliphatic rings. The van der Waals surface area contributed by atoms with E-state index in [2.05, 4.69) is 4.99 Å². The van der Waals surface area contributed by atoms with Crippen molar-refractivity contribution in [3.8, 4) is 16.9 Å². The second-order valence-electron chi connectivity index (χ2n) is 7.03. The van der Waals surface area contributed by atoms with E-state index in [1.54, 1.807) is 37.3 Å². The lowest BCUT2D eigenvalue weighted by Gasteiger charge is -2.19. The molecule has 6 heteroatoms. The minimum Gasteiger partial charge on any atom is -0.497 e. The van der Waals surface area contributed by atoms with E-state index >= 15 is 0 Å². The highest BCUT2D eigenvalue weighted by atomic mass is 16.5. The molecule has 3 aromatic carbocycles. The van der Waals surface area contributed by atoms with Crippen LogP contribution >= 0.6 is 0 Å². The number of ether oxygens (including phenoxy) is 1. The van der Waals surface area contributed by atoms with E-state index in [4.69, 9.17) is 10.5 Å². The van der Waals surface area contributed by atoms with E-state index in [0.29, 0.717) is 11.3 Å². The van der Waals surface area contributed by atoms with Crippen LogP contribution in [0, 0.1) is 0 Å². The minimum absolute atomic E-state index is 0.0236. The van der Waals surface area contributed by atoms with Gasteiger partial charge in [0.25, 0.3) is 0 Å². The maximum absolute atomic E-state index is 12.5. The van der Waals surface area contributed by atoms with Crippen molar-refractivity contribution in [2.24, 2.45) is 10.7 Å². The van der Waals surface area contributed by atoms with Gasteiger partial charge < -0.3 is 15.4 Å². The summed E-state index contributed by atoms with van der Waals surface area (Å²) in [5, 5.41) is 0. The van der Waals surface area contributed by atoms with Crippen molar-refractivity contribution in [3.63, 3.8) is 0 Å². The lowest BCUT2D eigenvalue weighted by molar-refractivity contribution is -0.116. The lowest BCUT2D eigenvalue weighted by atomic mass is 9.94. The number of fused-ring (bicyclic) bond motifs is 1. The maximum Gasteiger partial charge on any atom is 0.248 e. The molecule has 0 spiro atoms. The number of aliphatic imine (C=N–C) groups is 1. The monoisotopic (exact) mass is 399 g/mol. The number of anilines is 1. The van der Waals surface area contributed by atoms with Crippen LogP contribution < -0.4 is 15.4 Å². The molecule has 0 atom stereocenters. The standard InChI is InChI=1S/C24H21N3O3/c1-27-21-10-9-16(15-5-4-8-19(12-15)30-2)13-20(21)23(26-14-22(27)28)17-6-3-7-18(11-17)24(25)29/h3-13H,14H2,1-2H3,(H2,25,29). The van der Waals surface area contributed by atoms with Gasteiger partial charge in [-0.3, -0.25) is 14.6 Å². The first-order chi connectivity index (χ1) is 14.5. The van der Waals surface area contributed by atoms with Crippen molar-refractivity contribution in [3.05, 3.63) is 83.4 Å². The fourth-order valence-electron chi connectivity index (χ4n) is 3.54. The summed E-state index contributed by atoms with van der Waals surface area (Å²) in [4.78, 5) is 30.4. The molecule has 6 nitrogen and oxygen atoms in total. The van der Waals surface area contributed by atoms with Gasteiger partial charge in [0.2, 0.25) is 11.8 Å². The first-order valence-electron chi connectivity index (χ1n) is 9.48. The predicted octanol–water partition coefficient (Wildman–Crippen LogP) is 3.27. The van der Waals surface area contributed by atoms with Crippen molar-refractivity contribution >= 4 is 23.2 Å². The van der Waals surface area contributed by atoms with Gasteiger partial charge in [-0.05, 0) is 47.5 Å². The van der Waals surface area contributed by atoms with Crippen molar-refractivity contribution < 1.29 is 14.3 Å². The second-order valence-corrected chi connectivity index (χ2v) is 7.03. The fourth-order valence-corrected chi connectivity index (χ4v) is 3.54. The quantitative estimate of drug-likeness (QED) is 0.731. The van der Waals surface area contributed by atoms with E-state index in [1.807, 2.05) is 48.5 Å². The molecular formula is C24H21N3O3. The Morgan fingerprint density at radius 1 is 1.00 bits per heavy atom. The van der Waals surface area contributed by atoms with Crippen molar-refractivity contribution in [1.29, 1.82) is 0 Å². The Labute approximate surface area is 174 Å². The highest BCUT2D eigenvalue weighted by Crippen LogP contribution is 2.32. The average molecular weight is 399 g/mol. The molecular weight excluding hydrogens is 378 g/mol. The van der Waals surface area contributed by atoms with Crippen LogP contribution in [0.15, 0.2) is 71.7 Å². The van der Waals surface area contributed by atoms with Gasteiger partial charge in [-0.25, -0.2) is 0 Å². The molecule has 0 aromatic heterocycles. The van der Waals surface area contributed by atoms with Gasteiger partial charge in [0.15, 0.2) is 0 Å². The third-order valence-corrected chi connectivity index (χ3v) is 5.18. The van der Waals surface area contributed by atoms with Crippen LogP contribution in [0.4, 0.5) is 5.69 Å². The summed E-state index contributed by atoms with van der Waals surface area (Å²) in [5.41, 5.74) is 10.8. The summed E-state index contributed by atoms with van der Waals surface area (Å²) in [6.07, 6.45) is 0. The van der Waals surface area contributed by atoms with Gasteiger partial charge in [0.1, 0.15) is 12.3 Å². The van der Waals surface area contributed by atoms with Crippen molar-refractivity contribution in [2.75, 3.05) is 25.6 Å². The number of primary amides is 1. The summed E-state index contributed by atoms with van der Waals surface area (Å²) >= 11 is 0. The smallest absolute Gasteiger partial charge is 0.248 e. The topological polar surface area (TPSA) is 85.0 Å². The van der Waals surface area contributed by atoms with Crippen LogP contribution in [0.25, 0.3) is 11.1 Å². The summed E-state index contributed by atoms with van der Waals surface area (Å²) in [6, 6.07) is 20.7. The predicted molar refractivity (Wildman–Crippen MR) is 117 cm³/mol. The number of benzodiazepines with no additional fused rings is 1. The fraction of sp³-hybridized carbons (Fsp3) is 0.125. The number of amides is 2. The van der Waals surface area contributed by atoms with Crippen LogP contribution in [0.3, 0.4) is 0 Å². The molecule has 3 aromatic rings. The maximum atomic E-state index is 12.5. The third kappa shape index (κ3) is 3.55. The molecule has 1 heterocycles. The number of nitrogens with zero attached hydrogens (tertiary/aromatic N) is 2. The Kier molecular flexibility index (Phi) is 5.06. The molecule has 0 aliphatic carbocycles. The van der Waals surface area contributed by atoms with Gasteiger partial charge >= 0.3 is 0 Å². The van der Waals surface area contributed by atoms with Gasteiger partial charge in [0.05, 0.1) is 18.5 Å². The largest absolute Gasteiger partial charge is 0.497 e. The molecule has 0 saturated heterocycles. The highest BCUT2D eigenvalue weighted by molar-refractivity contribution is 6.20. The molecule has 2 N–H and O–H groups in total. The number of nitrogens with two attached hydrogens (primary N) is 1. The van der Waals surface area contributed by atoms with Crippen molar-refractivity contribution in [2.45, 2.75) is 0 Å². The normalized spacial score (nSPS) is 13.3. The second kappa shape index (κ2) is 7.83. The molecule has 1 aliphatic heterocycles. The zero-order valence-electron chi connectivity index (χ0n) is 16.8. The Morgan fingerprint density at radius 2 is 1.73 bits per heavy atom. The molecule has 0 bridgehead atoms. The lowest BCUT2D eigenvalue weighted by Crippen LogP contribution is -2.27. The average Bonchev–Trinajstić information content (AvgIpc) is 2.90. The Bertz CT molecular complexity index is 1180. The van der Waals surface area contributed by atoms with Gasteiger partial charge in [-0.1, -0.05) is 30.3 Å². The van der Waals surface area contributed by atoms with Gasteiger partial charge in [-0.15, -0.1) is 0 Å². The third-order valence-electron chi connectivity index (χ3n) is 5.18. The SMILES string of the molecule is COc1cccc(-c2ccc3c(c2)C(c2cccc(C(N)=O)c2)=NCC(=O)N3C)c1. The van der Waals surface area contributed by atoms with E-state index in [0.717, 1.165) is 33.7 Å². The Hall–Kier alpha value is -3.93. The molecule has 0 fully saturated rings. The van der Waals surface area contributed by atoms with E-state index < -0.39 is 5.91 Å². The Balaban J connectivity index is 1.90. The summed E-state index contributed by atoms with van der Waals surface area (Å²) in [7, 11) is 3.37. The first kappa shape index (κ1) is 19.4. The number of benzene rings is 3. The zero-order chi connectivity index (χ0) is 21.3. The van der Waals surface area contributed by atoms with Crippen molar-refractivity contribution in [1.82, 2.24) is 0 Å². The van der Waals surface area contributed by atoms with Gasteiger partial charge in [0, 0.05) is 23.7 Å². The van der Waals surface area contributed by atoms with E-state index in [9.17, 15) is 9.59 Å². The molecule has 0 radical (unpaired) electrons. The van der Waals surface area contributed by atoms with Crippen LogP contribution in [0.2, 0.25) is 0 Å². The summed E-state index contributed by atoms with van der Waals surface area (Å²) in [5.74, 6) is 0.147. The molecule has 150 valence electrons. The minimum atomic E-state index is -0.510. The summed E-state index contributed by atoms with van der Waals surface area (Å²) in [6.45, 7) is 0.0236. The molecule has 0 saturated carbocycles. The van der Waals surface area contributed by atoms with Crippen LogP contribution in [0.1, 0.15) is 21.5 Å². The number of likely N-dealkylation sites (N-methyl/N-ethyl adjacent to an activating group) is 1. The zero-order valence-corrected chi connectivity index (χ0v) is 16.8. The number of carbonyl (C=O) groups excluding carboxylic acids is 2. The van der Waals surface area contributed by atoms with Crippen LogP contribution in [-0.4, -0.2) is 38.2 Å². The van der Waals surface area contributed by atoms with Crippen LogP contribution in [-0.2, 0) is 4.79 Å². The number of hydrogen-bond donors (Lipinski definition) is 1.